The van der Waals surface area contributed by atoms with Gasteiger partial charge in [0.15, 0.2) is 0 Å². The molecule has 3 heteroatoms. The van der Waals surface area contributed by atoms with Crippen molar-refractivity contribution < 1.29 is 14.3 Å². The predicted molar refractivity (Wildman–Crippen MR) is 81.4 cm³/mol. The number of ether oxygens (including phenoxy) is 2. The Balaban J connectivity index is 1.57. The van der Waals surface area contributed by atoms with E-state index in [0.29, 0.717) is 23.7 Å². The van der Waals surface area contributed by atoms with Crippen LogP contribution < -0.4 is 4.74 Å². The zero-order valence-corrected chi connectivity index (χ0v) is 12.9. The minimum absolute atomic E-state index is 0.000733. The SMILES string of the molecule is CCC(C)c1ccc(OC(=O)C2CCC3COC3C2)cc1. The molecule has 0 radical (unpaired) electrons. The number of hydrogen-bond acceptors (Lipinski definition) is 3. The van der Waals surface area contributed by atoms with Crippen molar-refractivity contribution in [2.45, 2.75) is 51.6 Å². The summed E-state index contributed by atoms with van der Waals surface area (Å²) in [6.07, 6.45) is 4.27. The summed E-state index contributed by atoms with van der Waals surface area (Å²) in [7, 11) is 0. The summed E-state index contributed by atoms with van der Waals surface area (Å²) in [6.45, 7) is 5.26. The maximum absolute atomic E-state index is 12.2. The van der Waals surface area contributed by atoms with Crippen LogP contribution >= 0.6 is 0 Å². The monoisotopic (exact) mass is 288 g/mol. The van der Waals surface area contributed by atoms with Crippen LogP contribution in [0.1, 0.15) is 51.0 Å². The number of hydrogen-bond donors (Lipinski definition) is 0. The van der Waals surface area contributed by atoms with Crippen molar-refractivity contribution in [1.29, 1.82) is 0 Å². The molecule has 0 spiro atoms. The van der Waals surface area contributed by atoms with Gasteiger partial charge < -0.3 is 9.47 Å². The van der Waals surface area contributed by atoms with Gasteiger partial charge in [0.25, 0.3) is 0 Å². The van der Waals surface area contributed by atoms with Crippen molar-refractivity contribution in [1.82, 2.24) is 0 Å². The van der Waals surface area contributed by atoms with Gasteiger partial charge in [-0.3, -0.25) is 4.79 Å². The summed E-state index contributed by atoms with van der Waals surface area (Å²) in [5.74, 6) is 1.79. The first-order valence-corrected chi connectivity index (χ1v) is 8.10. The fraction of sp³-hybridized carbons (Fsp3) is 0.611. The number of rotatable bonds is 4. The molecule has 0 bridgehead atoms. The Labute approximate surface area is 126 Å². The van der Waals surface area contributed by atoms with Gasteiger partial charge in [-0.1, -0.05) is 26.0 Å². The normalized spacial score (nSPS) is 29.1. The number of benzene rings is 1. The molecule has 4 atom stereocenters. The van der Waals surface area contributed by atoms with Gasteiger partial charge in [-0.2, -0.15) is 0 Å². The third kappa shape index (κ3) is 3.13. The van der Waals surface area contributed by atoms with Crippen molar-refractivity contribution in [3.8, 4) is 5.75 Å². The van der Waals surface area contributed by atoms with Crippen LogP contribution in [-0.4, -0.2) is 18.7 Å². The summed E-state index contributed by atoms with van der Waals surface area (Å²) < 4.78 is 11.0. The summed E-state index contributed by atoms with van der Waals surface area (Å²) in [5, 5.41) is 0. The average molecular weight is 288 g/mol. The highest BCUT2D eigenvalue weighted by Crippen LogP contribution is 2.38. The van der Waals surface area contributed by atoms with Gasteiger partial charge in [0.1, 0.15) is 5.75 Å². The van der Waals surface area contributed by atoms with Crippen molar-refractivity contribution in [2.75, 3.05) is 6.61 Å². The summed E-state index contributed by atoms with van der Waals surface area (Å²) in [6, 6.07) is 7.93. The molecule has 114 valence electrons. The Morgan fingerprint density at radius 1 is 1.33 bits per heavy atom. The van der Waals surface area contributed by atoms with Crippen LogP contribution in [0.2, 0.25) is 0 Å². The molecule has 1 aliphatic heterocycles. The standard InChI is InChI=1S/C18H24O3/c1-3-12(2)13-6-8-16(9-7-13)21-18(19)14-4-5-15-11-20-17(15)10-14/h6-9,12,14-15,17H,3-5,10-11H2,1-2H3. The van der Waals surface area contributed by atoms with E-state index >= 15 is 0 Å². The molecule has 3 rings (SSSR count). The lowest BCUT2D eigenvalue weighted by atomic mass is 9.77. The third-order valence-corrected chi connectivity index (χ3v) is 5.07. The quantitative estimate of drug-likeness (QED) is 0.622. The van der Waals surface area contributed by atoms with Crippen LogP contribution in [0.15, 0.2) is 24.3 Å². The molecule has 1 aliphatic carbocycles. The molecule has 2 aliphatic rings. The Hall–Kier alpha value is -1.35. The second-order valence-corrected chi connectivity index (χ2v) is 6.44. The minimum atomic E-state index is -0.0970. The van der Waals surface area contributed by atoms with Crippen molar-refractivity contribution in [2.24, 2.45) is 11.8 Å². The fourth-order valence-electron chi connectivity index (χ4n) is 3.23. The molecule has 2 fully saturated rings. The Bertz CT molecular complexity index is 494. The summed E-state index contributed by atoms with van der Waals surface area (Å²) in [5.41, 5.74) is 1.29. The van der Waals surface area contributed by atoms with E-state index in [4.69, 9.17) is 9.47 Å². The lowest BCUT2D eigenvalue weighted by molar-refractivity contribution is -0.162. The van der Waals surface area contributed by atoms with Gasteiger partial charge in [-0.15, -0.1) is 0 Å². The lowest BCUT2D eigenvalue weighted by Crippen LogP contribution is -2.46. The molecule has 1 aromatic carbocycles. The number of carbonyl (C=O) groups excluding carboxylic acids is 1. The van der Waals surface area contributed by atoms with Crippen LogP contribution in [0.3, 0.4) is 0 Å². The molecule has 0 amide bonds. The molecule has 1 aromatic rings. The van der Waals surface area contributed by atoms with Crippen LogP contribution in [0.5, 0.6) is 5.75 Å². The minimum Gasteiger partial charge on any atom is -0.426 e. The van der Waals surface area contributed by atoms with Gasteiger partial charge in [0.2, 0.25) is 0 Å². The number of carbonyl (C=O) groups is 1. The van der Waals surface area contributed by atoms with E-state index in [1.54, 1.807) is 0 Å². The van der Waals surface area contributed by atoms with Gasteiger partial charge in [-0.05, 0) is 49.3 Å². The van der Waals surface area contributed by atoms with Crippen molar-refractivity contribution in [3.05, 3.63) is 29.8 Å². The largest absolute Gasteiger partial charge is 0.426 e. The molecule has 0 N–H and O–H groups in total. The average Bonchev–Trinajstić information content (AvgIpc) is 2.48. The predicted octanol–water partition coefficient (Wildman–Crippen LogP) is 3.92. The first kappa shape index (κ1) is 14.6. The van der Waals surface area contributed by atoms with E-state index in [0.717, 1.165) is 32.3 Å². The molecular weight excluding hydrogens is 264 g/mol. The van der Waals surface area contributed by atoms with Gasteiger partial charge in [-0.25, -0.2) is 0 Å². The van der Waals surface area contributed by atoms with Gasteiger partial charge in [0.05, 0.1) is 18.6 Å². The van der Waals surface area contributed by atoms with Crippen molar-refractivity contribution >= 4 is 5.97 Å². The zero-order chi connectivity index (χ0) is 14.8. The summed E-state index contributed by atoms with van der Waals surface area (Å²) >= 11 is 0. The highest BCUT2D eigenvalue weighted by Gasteiger charge is 2.40. The van der Waals surface area contributed by atoms with Crippen molar-refractivity contribution in [3.63, 3.8) is 0 Å². The Morgan fingerprint density at radius 3 is 2.67 bits per heavy atom. The Morgan fingerprint density at radius 2 is 2.10 bits per heavy atom. The number of esters is 1. The van der Waals surface area contributed by atoms with Crippen LogP contribution in [-0.2, 0) is 9.53 Å². The molecular formula is C18H24O3. The third-order valence-electron chi connectivity index (χ3n) is 5.07. The van der Waals surface area contributed by atoms with E-state index in [2.05, 4.69) is 26.0 Å². The second-order valence-electron chi connectivity index (χ2n) is 6.44. The second kappa shape index (κ2) is 6.18. The first-order valence-electron chi connectivity index (χ1n) is 8.10. The maximum Gasteiger partial charge on any atom is 0.314 e. The molecule has 1 heterocycles. The van der Waals surface area contributed by atoms with Crippen LogP contribution in [0.25, 0.3) is 0 Å². The molecule has 3 nitrogen and oxygen atoms in total. The molecule has 21 heavy (non-hydrogen) atoms. The van der Waals surface area contributed by atoms with E-state index in [1.807, 2.05) is 12.1 Å². The Kier molecular flexibility index (Phi) is 4.29. The van der Waals surface area contributed by atoms with Gasteiger partial charge >= 0.3 is 5.97 Å². The van der Waals surface area contributed by atoms with E-state index in [1.165, 1.54) is 5.56 Å². The number of fused-ring (bicyclic) bond motifs is 1. The first-order chi connectivity index (χ1) is 10.2. The topological polar surface area (TPSA) is 35.5 Å². The maximum atomic E-state index is 12.2. The van der Waals surface area contributed by atoms with E-state index < -0.39 is 0 Å². The molecule has 0 aromatic heterocycles. The lowest BCUT2D eigenvalue weighted by Gasteiger charge is -2.42. The van der Waals surface area contributed by atoms with E-state index in [-0.39, 0.29) is 11.9 Å². The highest BCUT2D eigenvalue weighted by molar-refractivity contribution is 5.75. The van der Waals surface area contributed by atoms with Crippen LogP contribution in [0, 0.1) is 11.8 Å². The molecule has 1 saturated heterocycles. The highest BCUT2D eigenvalue weighted by atomic mass is 16.5. The van der Waals surface area contributed by atoms with Gasteiger partial charge in [0, 0.05) is 5.92 Å². The fourth-order valence-corrected chi connectivity index (χ4v) is 3.23. The molecule has 4 unspecified atom stereocenters. The summed E-state index contributed by atoms with van der Waals surface area (Å²) in [4.78, 5) is 12.2. The molecule has 1 saturated carbocycles. The van der Waals surface area contributed by atoms with Crippen LogP contribution in [0.4, 0.5) is 0 Å². The smallest absolute Gasteiger partial charge is 0.314 e. The van der Waals surface area contributed by atoms with E-state index in [9.17, 15) is 4.79 Å². The zero-order valence-electron chi connectivity index (χ0n) is 12.9.